The first kappa shape index (κ1) is 23.1. The fraction of sp³-hybridized carbons (Fsp3) is 0.130. The third-order valence-electron chi connectivity index (χ3n) is 5.05. The van der Waals surface area contributed by atoms with Crippen LogP contribution in [0.2, 0.25) is 0 Å². The molecule has 0 spiro atoms. The first-order chi connectivity index (χ1) is 16.3. The van der Waals surface area contributed by atoms with Crippen LogP contribution in [0.5, 0.6) is 0 Å². The number of carboxylic acid groups (broad SMARTS) is 1. The van der Waals surface area contributed by atoms with Crippen LogP contribution < -0.4 is 11.1 Å². The first-order valence-corrected chi connectivity index (χ1v) is 11.8. The van der Waals surface area contributed by atoms with Crippen LogP contribution in [0.15, 0.2) is 84.1 Å². The molecular weight excluding hydrogens is 456 g/mol. The van der Waals surface area contributed by atoms with Crippen molar-refractivity contribution in [3.8, 4) is 5.69 Å². The lowest BCUT2D eigenvalue weighted by Gasteiger charge is -2.16. The zero-order valence-corrected chi connectivity index (χ0v) is 18.8. The second kappa shape index (κ2) is 9.81. The molecule has 3 aromatic heterocycles. The molecule has 0 aliphatic carbocycles. The molecule has 4 N–H and O–H groups in total. The van der Waals surface area contributed by atoms with E-state index >= 15 is 0 Å². The van der Waals surface area contributed by atoms with Gasteiger partial charge in [0.1, 0.15) is 12.4 Å². The molecule has 1 atom stereocenters. The summed E-state index contributed by atoms with van der Waals surface area (Å²) in [5.74, 6) is -0.851. The number of benzene rings is 1. The van der Waals surface area contributed by atoms with Crippen LogP contribution in [0.3, 0.4) is 0 Å². The Labute approximate surface area is 196 Å². The van der Waals surface area contributed by atoms with Gasteiger partial charge in [-0.15, -0.1) is 0 Å². The Hall–Kier alpha value is -4.09. The minimum absolute atomic E-state index is 0.0179. The van der Waals surface area contributed by atoms with Crippen molar-refractivity contribution in [2.75, 3.05) is 11.9 Å². The summed E-state index contributed by atoms with van der Waals surface area (Å²) < 4.78 is 28.5. The number of anilines is 1. The third-order valence-corrected chi connectivity index (χ3v) is 6.94. The molecule has 174 valence electrons. The predicted molar refractivity (Wildman–Crippen MR) is 125 cm³/mol. The molecule has 34 heavy (non-hydrogen) atoms. The van der Waals surface area contributed by atoms with Crippen molar-refractivity contribution in [1.82, 2.24) is 19.7 Å². The minimum atomic E-state index is -4.04. The number of hydrogen-bond acceptors (Lipinski definition) is 8. The fourth-order valence-electron chi connectivity index (χ4n) is 3.37. The standard InChI is InChI=1S/C23H22N6O4S/c24-23(18-4-1-6-21(28-18)26-15-22(30)31)34(32,33)20-5-2-11-25-19(20)14-16-7-9-17(10-8-16)29-13-3-12-27-29/h1-13,23H,14-15,24H2,(H,26,28)(H,30,31). The zero-order chi connectivity index (χ0) is 24.1. The molecule has 10 nitrogen and oxygen atoms in total. The van der Waals surface area contributed by atoms with Gasteiger partial charge < -0.3 is 16.2 Å². The summed E-state index contributed by atoms with van der Waals surface area (Å²) >= 11 is 0. The summed E-state index contributed by atoms with van der Waals surface area (Å²) in [4.78, 5) is 19.3. The summed E-state index contributed by atoms with van der Waals surface area (Å²) in [5.41, 5.74) is 8.35. The van der Waals surface area contributed by atoms with Crippen molar-refractivity contribution in [1.29, 1.82) is 0 Å². The molecule has 1 aromatic carbocycles. The molecule has 0 aliphatic rings. The smallest absolute Gasteiger partial charge is 0.322 e. The van der Waals surface area contributed by atoms with Crippen molar-refractivity contribution < 1.29 is 18.3 Å². The van der Waals surface area contributed by atoms with Gasteiger partial charge in [-0.3, -0.25) is 9.78 Å². The van der Waals surface area contributed by atoms with Crippen LogP contribution in [0, 0.1) is 0 Å². The number of nitrogens with one attached hydrogen (secondary N) is 1. The van der Waals surface area contributed by atoms with Crippen LogP contribution in [0.25, 0.3) is 5.69 Å². The van der Waals surface area contributed by atoms with Crippen LogP contribution >= 0.6 is 0 Å². The van der Waals surface area contributed by atoms with E-state index in [-0.39, 0.29) is 29.4 Å². The molecule has 3 heterocycles. The van der Waals surface area contributed by atoms with Crippen molar-refractivity contribution in [2.45, 2.75) is 16.7 Å². The van der Waals surface area contributed by atoms with Gasteiger partial charge in [0, 0.05) is 25.0 Å². The van der Waals surface area contributed by atoms with Gasteiger partial charge in [-0.25, -0.2) is 18.1 Å². The van der Waals surface area contributed by atoms with Crippen molar-refractivity contribution in [3.05, 3.63) is 96.2 Å². The molecule has 0 amide bonds. The van der Waals surface area contributed by atoms with E-state index in [1.54, 1.807) is 23.0 Å². The molecule has 0 aliphatic heterocycles. The monoisotopic (exact) mass is 478 g/mol. The second-order valence-corrected chi connectivity index (χ2v) is 9.44. The van der Waals surface area contributed by atoms with E-state index in [9.17, 15) is 13.2 Å². The van der Waals surface area contributed by atoms with Gasteiger partial charge in [-0.2, -0.15) is 5.10 Å². The molecule has 0 bridgehead atoms. The Kier molecular flexibility index (Phi) is 6.66. The normalized spacial score (nSPS) is 12.3. The Morgan fingerprint density at radius 3 is 2.56 bits per heavy atom. The van der Waals surface area contributed by atoms with Crippen molar-refractivity contribution in [2.24, 2.45) is 5.73 Å². The van der Waals surface area contributed by atoms with Gasteiger partial charge in [0.05, 0.1) is 22.0 Å². The average Bonchev–Trinajstić information content (AvgIpc) is 3.38. The highest BCUT2D eigenvalue weighted by atomic mass is 32.2. The summed E-state index contributed by atoms with van der Waals surface area (Å²) in [6.07, 6.45) is 5.34. The van der Waals surface area contributed by atoms with E-state index < -0.39 is 21.2 Å². The van der Waals surface area contributed by atoms with Crippen LogP contribution in [0.4, 0.5) is 5.82 Å². The number of pyridine rings is 2. The molecule has 0 saturated heterocycles. The Morgan fingerprint density at radius 2 is 1.85 bits per heavy atom. The average molecular weight is 479 g/mol. The Morgan fingerprint density at radius 1 is 1.06 bits per heavy atom. The maximum atomic E-state index is 13.4. The van der Waals surface area contributed by atoms with Crippen molar-refractivity contribution in [3.63, 3.8) is 0 Å². The molecule has 11 heteroatoms. The SMILES string of the molecule is NC(c1cccc(NCC(=O)O)n1)S(=O)(=O)c1cccnc1Cc1ccc(-n2cccn2)cc1. The zero-order valence-electron chi connectivity index (χ0n) is 17.9. The third kappa shape index (κ3) is 5.11. The number of rotatable bonds is 9. The predicted octanol–water partition coefficient (Wildman–Crippen LogP) is 2.18. The molecule has 1 unspecified atom stereocenters. The summed E-state index contributed by atoms with van der Waals surface area (Å²) in [7, 11) is -4.04. The molecular formula is C23H22N6O4S. The number of carboxylic acids is 1. The fourth-order valence-corrected chi connectivity index (χ4v) is 4.81. The molecule has 4 aromatic rings. The Bertz CT molecular complexity index is 1390. The summed E-state index contributed by atoms with van der Waals surface area (Å²) in [6.45, 7) is -0.357. The van der Waals surface area contributed by atoms with Crippen LogP contribution in [0.1, 0.15) is 22.3 Å². The van der Waals surface area contributed by atoms with E-state index in [4.69, 9.17) is 10.8 Å². The highest BCUT2D eigenvalue weighted by Crippen LogP contribution is 2.27. The molecule has 0 radical (unpaired) electrons. The lowest BCUT2D eigenvalue weighted by molar-refractivity contribution is -0.134. The largest absolute Gasteiger partial charge is 0.480 e. The number of hydrogen-bond donors (Lipinski definition) is 3. The number of aliphatic carboxylic acids is 1. The topological polar surface area (TPSA) is 153 Å². The van der Waals surface area contributed by atoms with E-state index in [1.807, 2.05) is 36.5 Å². The Balaban J connectivity index is 1.59. The number of nitrogens with two attached hydrogens (primary N) is 1. The molecule has 4 rings (SSSR count). The first-order valence-electron chi connectivity index (χ1n) is 10.3. The molecule has 0 saturated carbocycles. The van der Waals surface area contributed by atoms with Crippen LogP contribution in [-0.2, 0) is 21.1 Å². The van der Waals surface area contributed by atoms with Gasteiger partial charge in [-0.1, -0.05) is 18.2 Å². The van der Waals surface area contributed by atoms with E-state index in [0.29, 0.717) is 5.69 Å². The van der Waals surface area contributed by atoms with E-state index in [1.165, 1.54) is 24.4 Å². The van der Waals surface area contributed by atoms with Crippen LogP contribution in [-0.4, -0.2) is 45.8 Å². The van der Waals surface area contributed by atoms with Crippen molar-refractivity contribution >= 4 is 21.6 Å². The maximum absolute atomic E-state index is 13.4. The minimum Gasteiger partial charge on any atom is -0.480 e. The van der Waals surface area contributed by atoms with Gasteiger partial charge in [0.15, 0.2) is 5.37 Å². The quantitative estimate of drug-likeness (QED) is 0.328. The lowest BCUT2D eigenvalue weighted by Crippen LogP contribution is -2.25. The number of aromatic nitrogens is 4. The molecule has 0 fully saturated rings. The lowest BCUT2D eigenvalue weighted by atomic mass is 10.1. The van der Waals surface area contributed by atoms with Gasteiger partial charge in [0.25, 0.3) is 0 Å². The summed E-state index contributed by atoms with van der Waals surface area (Å²) in [5, 5.41) is 14.2. The summed E-state index contributed by atoms with van der Waals surface area (Å²) in [6, 6.07) is 17.0. The van der Waals surface area contributed by atoms with Gasteiger partial charge >= 0.3 is 5.97 Å². The highest BCUT2D eigenvalue weighted by Gasteiger charge is 2.29. The van der Waals surface area contributed by atoms with E-state index in [2.05, 4.69) is 20.4 Å². The highest BCUT2D eigenvalue weighted by molar-refractivity contribution is 7.91. The number of sulfone groups is 1. The van der Waals surface area contributed by atoms with E-state index in [0.717, 1.165) is 11.3 Å². The van der Waals surface area contributed by atoms with Gasteiger partial charge in [0.2, 0.25) is 9.84 Å². The second-order valence-electron chi connectivity index (χ2n) is 7.40. The number of carbonyl (C=O) groups is 1. The van der Waals surface area contributed by atoms with Gasteiger partial charge in [-0.05, 0) is 48.0 Å². The maximum Gasteiger partial charge on any atom is 0.322 e. The number of nitrogens with zero attached hydrogens (tertiary/aromatic N) is 4.